The van der Waals surface area contributed by atoms with Gasteiger partial charge in [-0.3, -0.25) is 4.79 Å². The number of hydrogen-bond donors (Lipinski definition) is 1. The Morgan fingerprint density at radius 2 is 2.09 bits per heavy atom. The second kappa shape index (κ2) is 5.81. The molecule has 0 radical (unpaired) electrons. The first kappa shape index (κ1) is 15.2. The molecule has 2 heterocycles. The Hall–Kier alpha value is -2.73. The Balaban J connectivity index is 2.06. The largest absolute Gasteiger partial charge is 0.544 e. The van der Waals surface area contributed by atoms with Gasteiger partial charge in [0.2, 0.25) is 0 Å². The van der Waals surface area contributed by atoms with E-state index in [9.17, 15) is 14.7 Å². The van der Waals surface area contributed by atoms with E-state index in [2.05, 4.69) is 9.97 Å². The standard InChI is InChI=1S/C17H14N2O3S/c1-9-4-3-5-11(8-9)6-7-12-18-15(20)13-10(2)14(17(21)22)23-16(13)19-12/h3-8H,1-2H3,(H,21,22)(H,18,19,20)/p-1/b7-6+. The van der Waals surface area contributed by atoms with Crippen LogP contribution in [0.4, 0.5) is 0 Å². The quantitative estimate of drug-likeness (QED) is 0.799. The average molecular weight is 325 g/mol. The predicted molar refractivity (Wildman–Crippen MR) is 89.4 cm³/mol. The van der Waals surface area contributed by atoms with Gasteiger partial charge in [-0.05, 0) is 31.1 Å². The number of thiophene rings is 1. The Bertz CT molecular complexity index is 999. The van der Waals surface area contributed by atoms with E-state index in [0.717, 1.165) is 22.5 Å². The van der Waals surface area contributed by atoms with Gasteiger partial charge in [-0.15, -0.1) is 11.3 Å². The summed E-state index contributed by atoms with van der Waals surface area (Å²) in [5.74, 6) is -0.906. The van der Waals surface area contributed by atoms with Crippen LogP contribution in [0.15, 0.2) is 29.1 Å². The molecule has 0 unspecified atom stereocenters. The Kier molecular flexibility index (Phi) is 3.83. The lowest BCUT2D eigenvalue weighted by molar-refractivity contribution is -0.254. The Morgan fingerprint density at radius 3 is 2.78 bits per heavy atom. The second-order valence-corrected chi connectivity index (χ2v) is 6.22. The molecule has 3 rings (SSSR count). The molecule has 5 nitrogen and oxygen atoms in total. The van der Waals surface area contributed by atoms with Crippen molar-refractivity contribution in [2.75, 3.05) is 0 Å². The minimum atomic E-state index is -1.29. The molecule has 23 heavy (non-hydrogen) atoms. The third-order valence-electron chi connectivity index (χ3n) is 3.48. The zero-order valence-electron chi connectivity index (χ0n) is 12.5. The fraction of sp³-hybridized carbons (Fsp3) is 0.118. The molecule has 0 aliphatic carbocycles. The number of aromatic nitrogens is 2. The molecule has 0 fully saturated rings. The van der Waals surface area contributed by atoms with Gasteiger partial charge in [-0.2, -0.15) is 0 Å². The van der Waals surface area contributed by atoms with Crippen LogP contribution < -0.4 is 10.7 Å². The molecule has 0 aliphatic heterocycles. The molecule has 0 amide bonds. The number of aromatic carboxylic acids is 1. The SMILES string of the molecule is Cc1cccc(/C=C/c2nc3sc(C(=O)[O-])c(C)c3c(=O)[nH]2)c1. The summed E-state index contributed by atoms with van der Waals surface area (Å²) >= 11 is 0.957. The number of carboxylic acid groups (broad SMARTS) is 1. The number of aromatic amines is 1. The van der Waals surface area contributed by atoms with Crippen LogP contribution in [0, 0.1) is 13.8 Å². The molecule has 1 N–H and O–H groups in total. The van der Waals surface area contributed by atoms with Crippen molar-refractivity contribution in [1.29, 1.82) is 0 Å². The molecule has 0 bridgehead atoms. The molecule has 3 aromatic rings. The number of nitrogens with one attached hydrogen (secondary N) is 1. The van der Waals surface area contributed by atoms with Crippen molar-refractivity contribution in [1.82, 2.24) is 9.97 Å². The number of carbonyl (C=O) groups is 1. The number of fused-ring (bicyclic) bond motifs is 1. The lowest BCUT2D eigenvalue weighted by Gasteiger charge is -1.98. The van der Waals surface area contributed by atoms with E-state index in [1.165, 1.54) is 0 Å². The molecule has 0 saturated carbocycles. The van der Waals surface area contributed by atoms with Crippen LogP contribution in [0.1, 0.15) is 32.2 Å². The highest BCUT2D eigenvalue weighted by Crippen LogP contribution is 2.26. The number of nitrogens with zero attached hydrogens (tertiary/aromatic N) is 1. The van der Waals surface area contributed by atoms with Crippen LogP contribution >= 0.6 is 11.3 Å². The van der Waals surface area contributed by atoms with Crippen molar-refractivity contribution in [3.8, 4) is 0 Å². The van der Waals surface area contributed by atoms with Gasteiger partial charge in [0.1, 0.15) is 10.7 Å². The maximum absolute atomic E-state index is 12.2. The van der Waals surface area contributed by atoms with Crippen LogP contribution in [0.5, 0.6) is 0 Å². The third-order valence-corrected chi connectivity index (χ3v) is 4.65. The van der Waals surface area contributed by atoms with E-state index in [1.807, 2.05) is 37.3 Å². The zero-order valence-corrected chi connectivity index (χ0v) is 13.4. The molecular formula is C17H13N2O3S-. The van der Waals surface area contributed by atoms with Crippen molar-refractivity contribution >= 4 is 39.7 Å². The van der Waals surface area contributed by atoms with Gasteiger partial charge in [-0.25, -0.2) is 4.98 Å². The monoisotopic (exact) mass is 325 g/mol. The summed E-state index contributed by atoms with van der Waals surface area (Å²) in [7, 11) is 0. The number of carboxylic acids is 1. The fourth-order valence-electron chi connectivity index (χ4n) is 2.38. The fourth-order valence-corrected chi connectivity index (χ4v) is 3.41. The van der Waals surface area contributed by atoms with Gasteiger partial charge in [0.25, 0.3) is 5.56 Å². The van der Waals surface area contributed by atoms with Crippen molar-refractivity contribution in [3.63, 3.8) is 0 Å². The van der Waals surface area contributed by atoms with E-state index in [0.29, 0.717) is 21.6 Å². The van der Waals surface area contributed by atoms with E-state index in [4.69, 9.17) is 0 Å². The van der Waals surface area contributed by atoms with E-state index in [1.54, 1.807) is 13.0 Å². The number of hydrogen-bond acceptors (Lipinski definition) is 5. The smallest absolute Gasteiger partial charge is 0.260 e. The van der Waals surface area contributed by atoms with Gasteiger partial charge in [0.05, 0.1) is 16.2 Å². The van der Waals surface area contributed by atoms with E-state index < -0.39 is 5.97 Å². The number of aryl methyl sites for hydroxylation is 2. The van der Waals surface area contributed by atoms with Gasteiger partial charge < -0.3 is 14.9 Å². The maximum Gasteiger partial charge on any atom is 0.260 e. The molecule has 0 saturated heterocycles. The highest BCUT2D eigenvalue weighted by Gasteiger charge is 2.14. The lowest BCUT2D eigenvalue weighted by Crippen LogP contribution is -2.21. The molecule has 116 valence electrons. The first-order chi connectivity index (χ1) is 11.0. The first-order valence-electron chi connectivity index (χ1n) is 6.95. The number of benzene rings is 1. The van der Waals surface area contributed by atoms with Crippen LogP contribution in [0.2, 0.25) is 0 Å². The van der Waals surface area contributed by atoms with Crippen LogP contribution in [-0.4, -0.2) is 15.9 Å². The summed E-state index contributed by atoms with van der Waals surface area (Å²) in [6.07, 6.45) is 3.54. The van der Waals surface area contributed by atoms with Crippen LogP contribution in [0.3, 0.4) is 0 Å². The topological polar surface area (TPSA) is 85.9 Å². The molecule has 0 atom stereocenters. The van der Waals surface area contributed by atoms with E-state index in [-0.39, 0.29) is 10.4 Å². The average Bonchev–Trinajstić information content (AvgIpc) is 2.83. The third kappa shape index (κ3) is 2.93. The Morgan fingerprint density at radius 1 is 1.30 bits per heavy atom. The molecule has 0 aliphatic rings. The van der Waals surface area contributed by atoms with Crippen molar-refractivity contribution in [2.45, 2.75) is 13.8 Å². The van der Waals surface area contributed by atoms with Crippen molar-refractivity contribution < 1.29 is 9.90 Å². The minimum Gasteiger partial charge on any atom is -0.544 e. The minimum absolute atomic E-state index is 0.0396. The summed E-state index contributed by atoms with van der Waals surface area (Å²) in [6, 6.07) is 7.91. The van der Waals surface area contributed by atoms with Gasteiger partial charge >= 0.3 is 0 Å². The van der Waals surface area contributed by atoms with Crippen molar-refractivity contribution in [2.24, 2.45) is 0 Å². The van der Waals surface area contributed by atoms with Gasteiger partial charge in [0, 0.05) is 0 Å². The molecular weight excluding hydrogens is 312 g/mol. The molecule has 0 spiro atoms. The number of carbonyl (C=O) groups excluding carboxylic acids is 1. The predicted octanol–water partition coefficient (Wildman–Crippen LogP) is 2.14. The van der Waals surface area contributed by atoms with Crippen LogP contribution in [0.25, 0.3) is 22.4 Å². The Labute approximate surface area is 136 Å². The number of H-pyrrole nitrogens is 1. The van der Waals surface area contributed by atoms with E-state index >= 15 is 0 Å². The summed E-state index contributed by atoms with van der Waals surface area (Å²) in [5, 5.41) is 11.4. The summed E-state index contributed by atoms with van der Waals surface area (Å²) in [5.41, 5.74) is 2.18. The number of rotatable bonds is 3. The first-order valence-corrected chi connectivity index (χ1v) is 7.77. The second-order valence-electron chi connectivity index (χ2n) is 5.22. The highest BCUT2D eigenvalue weighted by molar-refractivity contribution is 7.20. The van der Waals surface area contributed by atoms with Gasteiger partial charge in [-0.1, -0.05) is 35.9 Å². The molecule has 1 aromatic carbocycles. The molecule has 6 heteroatoms. The van der Waals surface area contributed by atoms with Crippen molar-refractivity contribution in [3.05, 3.63) is 62.0 Å². The summed E-state index contributed by atoms with van der Waals surface area (Å²) in [6.45, 7) is 3.59. The highest BCUT2D eigenvalue weighted by atomic mass is 32.1. The van der Waals surface area contributed by atoms with Crippen LogP contribution in [-0.2, 0) is 0 Å². The molecule has 2 aromatic heterocycles. The van der Waals surface area contributed by atoms with Gasteiger partial charge in [0.15, 0.2) is 0 Å². The summed E-state index contributed by atoms with van der Waals surface area (Å²) in [4.78, 5) is 30.7. The maximum atomic E-state index is 12.2. The summed E-state index contributed by atoms with van der Waals surface area (Å²) < 4.78 is 0. The zero-order chi connectivity index (χ0) is 16.6. The normalized spacial score (nSPS) is 11.4. The lowest BCUT2D eigenvalue weighted by atomic mass is 10.1.